The molecule has 1 aliphatic rings. The number of nitrogens with zero attached hydrogens (tertiary/aromatic N) is 1. The van der Waals surface area contributed by atoms with Crippen molar-refractivity contribution in [2.24, 2.45) is 0 Å². The quantitative estimate of drug-likeness (QED) is 0.211. The zero-order valence-corrected chi connectivity index (χ0v) is 22.7. The van der Waals surface area contributed by atoms with E-state index < -0.39 is 12.1 Å². The highest BCUT2D eigenvalue weighted by Gasteiger charge is 2.26. The molecule has 2 unspecified atom stereocenters. The van der Waals surface area contributed by atoms with Gasteiger partial charge in [-0.15, -0.1) is 0 Å². The minimum atomic E-state index is -0.856. The van der Waals surface area contributed by atoms with Crippen molar-refractivity contribution in [1.82, 2.24) is 10.6 Å². The Bertz CT molecular complexity index is 1420. The summed E-state index contributed by atoms with van der Waals surface area (Å²) in [5, 5.41) is 21.8. The van der Waals surface area contributed by atoms with Gasteiger partial charge in [0, 0.05) is 48.4 Å². The summed E-state index contributed by atoms with van der Waals surface area (Å²) in [6.07, 6.45) is 0.923. The standard InChI is InChI=1S/C32H36N4O4/c1-2-34-25-16-24(17-26(19-25)36-14-8-13-31(36)38)32(39)35-28(15-22-9-4-3-5-10-22)29(37)21-33-20-27-18-23-11-6-7-12-30(23)40-27/h3-7,9-12,16-19,28-29,33-34,37H,2,8,13-15,20-21H2,1H3,(H,35,39). The number of benzene rings is 3. The first-order valence-electron chi connectivity index (χ1n) is 13.9. The number of carbonyl (C=O) groups is 2. The van der Waals surface area contributed by atoms with Crippen molar-refractivity contribution in [1.29, 1.82) is 0 Å². The number of furan rings is 1. The number of hydrogen-bond acceptors (Lipinski definition) is 6. The molecule has 2 amide bonds. The van der Waals surface area contributed by atoms with Gasteiger partial charge in [-0.1, -0.05) is 48.5 Å². The Balaban J connectivity index is 1.31. The molecule has 1 saturated heterocycles. The lowest BCUT2D eigenvalue weighted by Crippen LogP contribution is -2.48. The summed E-state index contributed by atoms with van der Waals surface area (Å²) in [5.74, 6) is 0.541. The molecule has 0 saturated carbocycles. The number of anilines is 2. The van der Waals surface area contributed by atoms with Crippen LogP contribution in [0.25, 0.3) is 11.0 Å². The maximum Gasteiger partial charge on any atom is 0.251 e. The maximum absolute atomic E-state index is 13.6. The zero-order valence-electron chi connectivity index (χ0n) is 22.7. The molecule has 5 rings (SSSR count). The molecule has 0 radical (unpaired) electrons. The molecule has 40 heavy (non-hydrogen) atoms. The Morgan fingerprint density at radius 2 is 1.85 bits per heavy atom. The largest absolute Gasteiger partial charge is 0.460 e. The van der Waals surface area contributed by atoms with Gasteiger partial charge in [-0.2, -0.15) is 0 Å². The van der Waals surface area contributed by atoms with E-state index in [0.717, 1.165) is 34.4 Å². The van der Waals surface area contributed by atoms with Crippen LogP contribution in [0, 0.1) is 0 Å². The van der Waals surface area contributed by atoms with E-state index in [1.165, 1.54) is 0 Å². The average Bonchev–Trinajstić information content (AvgIpc) is 3.58. The van der Waals surface area contributed by atoms with Crippen LogP contribution >= 0.6 is 0 Å². The number of fused-ring (bicyclic) bond motifs is 1. The van der Waals surface area contributed by atoms with E-state index in [0.29, 0.717) is 43.7 Å². The second-order valence-electron chi connectivity index (χ2n) is 10.2. The first kappa shape index (κ1) is 27.4. The van der Waals surface area contributed by atoms with E-state index >= 15 is 0 Å². The topological polar surface area (TPSA) is 107 Å². The Labute approximate surface area is 234 Å². The summed E-state index contributed by atoms with van der Waals surface area (Å²) < 4.78 is 5.87. The fourth-order valence-electron chi connectivity index (χ4n) is 5.14. The molecule has 2 atom stereocenters. The number of amides is 2. The SMILES string of the molecule is CCNc1cc(C(=O)NC(Cc2ccccc2)C(O)CNCc2cc3ccccc3o2)cc(N2CCCC2=O)c1. The minimum Gasteiger partial charge on any atom is -0.460 e. The van der Waals surface area contributed by atoms with Crippen LogP contribution in [0.3, 0.4) is 0 Å². The van der Waals surface area contributed by atoms with Crippen molar-refractivity contribution in [2.75, 3.05) is 29.9 Å². The molecule has 1 aromatic heterocycles. The fraction of sp³-hybridized carbons (Fsp3) is 0.312. The first-order valence-corrected chi connectivity index (χ1v) is 13.9. The second-order valence-corrected chi connectivity index (χ2v) is 10.2. The Hall–Kier alpha value is -4.14. The molecule has 8 heteroatoms. The van der Waals surface area contributed by atoms with Crippen LogP contribution in [0.15, 0.2) is 83.3 Å². The highest BCUT2D eigenvalue weighted by atomic mass is 16.3. The summed E-state index contributed by atoms with van der Waals surface area (Å²) in [4.78, 5) is 27.7. The lowest BCUT2D eigenvalue weighted by atomic mass is 10.00. The lowest BCUT2D eigenvalue weighted by molar-refractivity contribution is -0.117. The van der Waals surface area contributed by atoms with Crippen LogP contribution in [-0.4, -0.2) is 48.7 Å². The summed E-state index contributed by atoms with van der Waals surface area (Å²) in [7, 11) is 0. The third kappa shape index (κ3) is 6.70. The summed E-state index contributed by atoms with van der Waals surface area (Å²) in [6, 6.07) is 24.5. The van der Waals surface area contributed by atoms with Crippen LogP contribution in [0.4, 0.5) is 11.4 Å². The molecule has 0 spiro atoms. The van der Waals surface area contributed by atoms with Gasteiger partial charge in [0.2, 0.25) is 5.91 Å². The van der Waals surface area contributed by atoms with Crippen molar-refractivity contribution < 1.29 is 19.1 Å². The van der Waals surface area contributed by atoms with Gasteiger partial charge in [-0.3, -0.25) is 9.59 Å². The van der Waals surface area contributed by atoms with E-state index in [2.05, 4.69) is 16.0 Å². The fourth-order valence-corrected chi connectivity index (χ4v) is 5.14. The van der Waals surface area contributed by atoms with Gasteiger partial charge >= 0.3 is 0 Å². The van der Waals surface area contributed by atoms with Gasteiger partial charge in [0.15, 0.2) is 0 Å². The predicted octanol–water partition coefficient (Wildman–Crippen LogP) is 4.48. The number of rotatable bonds is 12. The molecular formula is C32H36N4O4. The molecule has 4 N–H and O–H groups in total. The van der Waals surface area contributed by atoms with E-state index in [1.807, 2.05) is 73.7 Å². The van der Waals surface area contributed by atoms with Crippen molar-refractivity contribution in [3.63, 3.8) is 0 Å². The summed E-state index contributed by atoms with van der Waals surface area (Å²) in [5.41, 5.74) is 3.75. The normalized spacial score (nSPS) is 14.8. The third-order valence-electron chi connectivity index (χ3n) is 7.15. The van der Waals surface area contributed by atoms with Gasteiger partial charge in [0.05, 0.1) is 18.7 Å². The van der Waals surface area contributed by atoms with E-state index in [4.69, 9.17) is 4.42 Å². The summed E-state index contributed by atoms with van der Waals surface area (Å²) in [6.45, 7) is 4.03. The van der Waals surface area contributed by atoms with Crippen LogP contribution in [0.2, 0.25) is 0 Å². The van der Waals surface area contributed by atoms with Gasteiger partial charge in [0.1, 0.15) is 11.3 Å². The van der Waals surface area contributed by atoms with Crippen molar-refractivity contribution in [2.45, 2.75) is 44.9 Å². The molecule has 0 aliphatic carbocycles. The number of aliphatic hydroxyl groups excluding tert-OH is 1. The van der Waals surface area contributed by atoms with E-state index in [1.54, 1.807) is 17.0 Å². The van der Waals surface area contributed by atoms with Crippen molar-refractivity contribution in [3.8, 4) is 0 Å². The number of aliphatic hydroxyl groups is 1. The number of hydrogen-bond donors (Lipinski definition) is 4. The molecular weight excluding hydrogens is 504 g/mol. The molecule has 0 bridgehead atoms. The van der Waals surface area contributed by atoms with Crippen LogP contribution in [0.5, 0.6) is 0 Å². The molecule has 4 aromatic rings. The van der Waals surface area contributed by atoms with Gasteiger partial charge in [-0.05, 0) is 55.7 Å². The Morgan fingerprint density at radius 1 is 1.05 bits per heavy atom. The maximum atomic E-state index is 13.6. The van der Waals surface area contributed by atoms with Crippen LogP contribution in [0.1, 0.15) is 41.4 Å². The van der Waals surface area contributed by atoms with Crippen molar-refractivity contribution >= 4 is 34.2 Å². The van der Waals surface area contributed by atoms with Crippen LogP contribution < -0.4 is 20.9 Å². The zero-order chi connectivity index (χ0) is 27.9. The highest BCUT2D eigenvalue weighted by Crippen LogP contribution is 2.27. The molecule has 3 aromatic carbocycles. The average molecular weight is 541 g/mol. The second kappa shape index (κ2) is 12.8. The number of nitrogens with one attached hydrogen (secondary N) is 3. The van der Waals surface area contributed by atoms with Gasteiger partial charge in [-0.25, -0.2) is 0 Å². The molecule has 2 heterocycles. The third-order valence-corrected chi connectivity index (χ3v) is 7.15. The molecule has 1 aliphatic heterocycles. The highest BCUT2D eigenvalue weighted by molar-refractivity contribution is 6.00. The first-order chi connectivity index (χ1) is 19.5. The predicted molar refractivity (Wildman–Crippen MR) is 158 cm³/mol. The van der Waals surface area contributed by atoms with E-state index in [9.17, 15) is 14.7 Å². The van der Waals surface area contributed by atoms with E-state index in [-0.39, 0.29) is 18.4 Å². The molecule has 1 fully saturated rings. The smallest absolute Gasteiger partial charge is 0.251 e. The summed E-state index contributed by atoms with van der Waals surface area (Å²) >= 11 is 0. The monoisotopic (exact) mass is 540 g/mol. The number of carbonyl (C=O) groups excluding carboxylic acids is 2. The minimum absolute atomic E-state index is 0.0629. The van der Waals surface area contributed by atoms with Gasteiger partial charge < -0.3 is 30.4 Å². The lowest BCUT2D eigenvalue weighted by Gasteiger charge is -2.25. The molecule has 208 valence electrons. The Morgan fingerprint density at radius 3 is 2.60 bits per heavy atom. The van der Waals surface area contributed by atoms with Gasteiger partial charge in [0.25, 0.3) is 5.91 Å². The Kier molecular flexibility index (Phi) is 8.78. The van der Waals surface area contributed by atoms with Crippen molar-refractivity contribution in [3.05, 3.63) is 95.7 Å². The van der Waals surface area contributed by atoms with Crippen LogP contribution in [-0.2, 0) is 17.8 Å². The number of para-hydroxylation sites is 1. The molecule has 8 nitrogen and oxygen atoms in total.